The molecule has 0 radical (unpaired) electrons. The summed E-state index contributed by atoms with van der Waals surface area (Å²) in [6.07, 6.45) is 0. The van der Waals surface area contributed by atoms with Crippen LogP contribution in [0.5, 0.6) is 5.75 Å². The molecule has 0 unspecified atom stereocenters. The number of benzene rings is 2. The van der Waals surface area contributed by atoms with E-state index in [2.05, 4.69) is 4.98 Å². The van der Waals surface area contributed by atoms with Gasteiger partial charge in [0, 0.05) is 5.02 Å². The Balaban J connectivity index is 1.94. The molecule has 1 heterocycles. The number of carboxylic acid groups (broad SMARTS) is 1. The molecule has 0 spiro atoms. The summed E-state index contributed by atoms with van der Waals surface area (Å²) in [4.78, 5) is 15.8. The molecule has 24 heavy (non-hydrogen) atoms. The molecule has 0 atom stereocenters. The predicted octanol–water partition coefficient (Wildman–Crippen LogP) is 5.05. The van der Waals surface area contributed by atoms with E-state index in [0.717, 1.165) is 16.9 Å². The van der Waals surface area contributed by atoms with Crippen molar-refractivity contribution in [1.29, 1.82) is 0 Å². The Morgan fingerprint density at radius 3 is 2.67 bits per heavy atom. The Morgan fingerprint density at radius 2 is 2.00 bits per heavy atom. The zero-order valence-electron chi connectivity index (χ0n) is 12.8. The summed E-state index contributed by atoms with van der Waals surface area (Å²) in [5, 5.41) is 10.3. The summed E-state index contributed by atoms with van der Waals surface area (Å²) in [5.41, 5.74) is 2.22. The van der Waals surface area contributed by atoms with Crippen molar-refractivity contribution in [3.05, 3.63) is 69.7 Å². The van der Waals surface area contributed by atoms with Crippen LogP contribution in [0, 0.1) is 6.92 Å². The van der Waals surface area contributed by atoms with E-state index < -0.39 is 5.97 Å². The third kappa shape index (κ3) is 3.58. The summed E-state index contributed by atoms with van der Waals surface area (Å²) in [6, 6.07) is 15.1. The first-order valence-electron chi connectivity index (χ1n) is 7.22. The van der Waals surface area contributed by atoms with E-state index >= 15 is 0 Å². The van der Waals surface area contributed by atoms with Gasteiger partial charge in [-0.1, -0.05) is 41.9 Å². The maximum Gasteiger partial charge on any atom is 0.347 e. The first kappa shape index (κ1) is 16.5. The fourth-order valence-electron chi connectivity index (χ4n) is 2.24. The zero-order chi connectivity index (χ0) is 17.1. The first-order chi connectivity index (χ1) is 11.5. The van der Waals surface area contributed by atoms with Crippen LogP contribution in [0.2, 0.25) is 5.02 Å². The molecule has 0 saturated heterocycles. The van der Waals surface area contributed by atoms with E-state index in [4.69, 9.17) is 16.3 Å². The molecule has 1 aromatic heterocycles. The highest BCUT2D eigenvalue weighted by Gasteiger charge is 2.18. The monoisotopic (exact) mass is 359 g/mol. The summed E-state index contributed by atoms with van der Waals surface area (Å²) in [6.45, 7) is 2.09. The highest BCUT2D eigenvalue weighted by molar-refractivity contribution is 7.17. The highest BCUT2D eigenvalue weighted by Crippen LogP contribution is 2.36. The van der Waals surface area contributed by atoms with Crippen molar-refractivity contribution in [2.75, 3.05) is 0 Å². The Morgan fingerprint density at radius 1 is 1.25 bits per heavy atom. The van der Waals surface area contributed by atoms with Gasteiger partial charge in [-0.05, 0) is 30.7 Å². The largest absolute Gasteiger partial charge is 0.488 e. The molecular formula is C18H14ClNO3S. The van der Waals surface area contributed by atoms with E-state index in [1.165, 1.54) is 0 Å². The van der Waals surface area contributed by atoms with Gasteiger partial charge in [-0.3, -0.25) is 0 Å². The topological polar surface area (TPSA) is 59.4 Å². The SMILES string of the molecule is Cc1nc(-c2cc(Cl)ccc2OCc2ccccc2)sc1C(=O)O. The molecule has 3 aromatic rings. The van der Waals surface area contributed by atoms with E-state index in [1.807, 2.05) is 30.3 Å². The van der Waals surface area contributed by atoms with Crippen molar-refractivity contribution >= 4 is 28.9 Å². The molecule has 1 N–H and O–H groups in total. The molecule has 0 aliphatic rings. The van der Waals surface area contributed by atoms with E-state index in [0.29, 0.717) is 33.6 Å². The van der Waals surface area contributed by atoms with Crippen LogP contribution in [-0.2, 0) is 6.61 Å². The van der Waals surface area contributed by atoms with Crippen molar-refractivity contribution in [2.24, 2.45) is 0 Å². The number of hydrogen-bond donors (Lipinski definition) is 1. The van der Waals surface area contributed by atoms with Crippen molar-refractivity contribution in [3.63, 3.8) is 0 Å². The van der Waals surface area contributed by atoms with Crippen molar-refractivity contribution in [2.45, 2.75) is 13.5 Å². The summed E-state index contributed by atoms with van der Waals surface area (Å²) in [7, 11) is 0. The maximum atomic E-state index is 11.2. The van der Waals surface area contributed by atoms with Crippen LogP contribution in [0.1, 0.15) is 20.9 Å². The molecule has 122 valence electrons. The number of ether oxygens (including phenoxy) is 1. The lowest BCUT2D eigenvalue weighted by molar-refractivity contribution is 0.0701. The second-order valence-corrected chi connectivity index (χ2v) is 6.59. The quantitative estimate of drug-likeness (QED) is 0.692. The van der Waals surface area contributed by atoms with E-state index in [-0.39, 0.29) is 4.88 Å². The second-order valence-electron chi connectivity index (χ2n) is 5.15. The van der Waals surface area contributed by atoms with Gasteiger partial charge in [0.05, 0.1) is 11.3 Å². The summed E-state index contributed by atoms with van der Waals surface area (Å²) < 4.78 is 5.90. The molecule has 0 fully saturated rings. The van der Waals surface area contributed by atoms with Crippen LogP contribution in [0.3, 0.4) is 0 Å². The third-order valence-corrected chi connectivity index (χ3v) is 4.81. The van der Waals surface area contributed by atoms with Gasteiger partial charge in [0.15, 0.2) is 0 Å². The molecular weight excluding hydrogens is 346 g/mol. The number of halogens is 1. The second kappa shape index (κ2) is 7.03. The number of aromatic carboxylic acids is 1. The molecule has 0 amide bonds. The van der Waals surface area contributed by atoms with Crippen LogP contribution >= 0.6 is 22.9 Å². The number of aryl methyl sites for hydroxylation is 1. The number of aromatic nitrogens is 1. The number of nitrogens with zero attached hydrogens (tertiary/aromatic N) is 1. The standard InChI is InChI=1S/C18H14ClNO3S/c1-11-16(18(21)22)24-17(20-11)14-9-13(19)7-8-15(14)23-10-12-5-3-2-4-6-12/h2-9H,10H2,1H3,(H,21,22). The third-order valence-electron chi connectivity index (χ3n) is 3.40. The van der Waals surface area contributed by atoms with Crippen LogP contribution < -0.4 is 4.74 Å². The van der Waals surface area contributed by atoms with Gasteiger partial charge >= 0.3 is 5.97 Å². The zero-order valence-corrected chi connectivity index (χ0v) is 14.4. The van der Waals surface area contributed by atoms with Gasteiger partial charge in [0.25, 0.3) is 0 Å². The number of hydrogen-bond acceptors (Lipinski definition) is 4. The van der Waals surface area contributed by atoms with Crippen LogP contribution in [0.4, 0.5) is 0 Å². The number of thiazole rings is 1. The predicted molar refractivity (Wildman–Crippen MR) is 95.0 cm³/mol. The minimum Gasteiger partial charge on any atom is -0.488 e. The Hall–Kier alpha value is -2.37. The minimum absolute atomic E-state index is 0.221. The van der Waals surface area contributed by atoms with Gasteiger partial charge in [0.1, 0.15) is 22.2 Å². The lowest BCUT2D eigenvalue weighted by Gasteiger charge is -2.10. The fourth-order valence-corrected chi connectivity index (χ4v) is 3.34. The summed E-state index contributed by atoms with van der Waals surface area (Å²) in [5.74, 6) is -0.362. The van der Waals surface area contributed by atoms with Gasteiger partial charge in [0.2, 0.25) is 0 Å². The Labute approximate surface area is 148 Å². The molecule has 3 rings (SSSR count). The molecule has 2 aromatic carbocycles. The van der Waals surface area contributed by atoms with Gasteiger partial charge < -0.3 is 9.84 Å². The van der Waals surface area contributed by atoms with E-state index in [9.17, 15) is 9.90 Å². The normalized spacial score (nSPS) is 10.6. The van der Waals surface area contributed by atoms with Crippen LogP contribution in [0.25, 0.3) is 10.6 Å². The summed E-state index contributed by atoms with van der Waals surface area (Å²) >= 11 is 7.21. The maximum absolute atomic E-state index is 11.2. The minimum atomic E-state index is -0.981. The molecule has 4 nitrogen and oxygen atoms in total. The van der Waals surface area contributed by atoms with Gasteiger partial charge in [-0.15, -0.1) is 11.3 Å². The van der Waals surface area contributed by atoms with Crippen molar-refractivity contribution < 1.29 is 14.6 Å². The molecule has 0 aliphatic heterocycles. The lowest BCUT2D eigenvalue weighted by atomic mass is 10.2. The highest BCUT2D eigenvalue weighted by atomic mass is 35.5. The Kier molecular flexibility index (Phi) is 4.83. The molecule has 6 heteroatoms. The van der Waals surface area contributed by atoms with Crippen molar-refractivity contribution in [1.82, 2.24) is 4.98 Å². The van der Waals surface area contributed by atoms with Gasteiger partial charge in [-0.2, -0.15) is 0 Å². The van der Waals surface area contributed by atoms with E-state index in [1.54, 1.807) is 25.1 Å². The first-order valence-corrected chi connectivity index (χ1v) is 8.41. The van der Waals surface area contributed by atoms with Crippen LogP contribution in [-0.4, -0.2) is 16.1 Å². The van der Waals surface area contributed by atoms with Gasteiger partial charge in [-0.25, -0.2) is 9.78 Å². The Bertz CT molecular complexity index is 877. The average molecular weight is 360 g/mol. The average Bonchev–Trinajstić information content (AvgIpc) is 2.96. The lowest BCUT2D eigenvalue weighted by Crippen LogP contribution is -1.96. The molecule has 0 saturated carbocycles. The number of carboxylic acids is 1. The number of carbonyl (C=O) groups is 1. The molecule has 0 aliphatic carbocycles. The fraction of sp³-hybridized carbons (Fsp3) is 0.111. The smallest absolute Gasteiger partial charge is 0.347 e. The van der Waals surface area contributed by atoms with Crippen LogP contribution in [0.15, 0.2) is 48.5 Å². The van der Waals surface area contributed by atoms with Crippen molar-refractivity contribution in [3.8, 4) is 16.3 Å². The number of rotatable bonds is 5. The molecule has 0 bridgehead atoms.